The Kier molecular flexibility index (Phi) is 13.3. The van der Waals surface area contributed by atoms with Gasteiger partial charge in [-0.05, 0) is 149 Å². The molecule has 0 aromatic carbocycles. The van der Waals surface area contributed by atoms with Crippen LogP contribution < -0.4 is 0 Å². The van der Waals surface area contributed by atoms with E-state index in [1.54, 1.807) is 55.4 Å². The standard InChI is InChI=1S/2C21H32F4O7S/c1-15(2,27)18-8-13-7-17(10-18,11-19(9-13,12-18)16(3,4)28)14(26)32-6-5-20(22,23)21(24,25)33(29,30)31;1-16(2,27)18-8-12-7-13(10-18)14(19(9-12,11-18)17(3,4)28)15(26)32-6-5-20(22,23)21(24,25)33(29,30)31/h13,27-28H,5-12H2,1-4H3,(H,29,30,31);12-14,27-28H,5-11H2,1-4H3,(H,29,30,31)/p-2. The highest BCUT2D eigenvalue weighted by molar-refractivity contribution is 7.87. The SMILES string of the molecule is CC(C)(O)C12CC3CC(C(=O)OCCC(F)(F)C(F)(F)S(=O)(=O)[O-])(C1)CC(C(C)(C)O)(C3)C2.CC(C)(O)C12CC3CC(C1)C(C(=O)OCCC(F)(F)C(F)(F)S(=O)(=O)[O-])C(C(C)(C)O)(C3)C2. The molecule has 0 aliphatic heterocycles. The number of carbonyl (C=O) groups is 2. The van der Waals surface area contributed by atoms with Crippen LogP contribution in [0.15, 0.2) is 0 Å². The van der Waals surface area contributed by atoms with Crippen molar-refractivity contribution in [3.05, 3.63) is 0 Å². The summed E-state index contributed by atoms with van der Waals surface area (Å²) in [5, 5.41) is 32.4. The van der Waals surface area contributed by atoms with E-state index in [1.807, 2.05) is 0 Å². The molecule has 7 atom stereocenters. The molecular formula is C42H62F8O14S2-2. The summed E-state index contributed by atoms with van der Waals surface area (Å²) in [5.41, 5.74) is -9.16. The van der Waals surface area contributed by atoms with Crippen molar-refractivity contribution in [2.75, 3.05) is 13.2 Å². The van der Waals surface area contributed by atoms with Crippen molar-refractivity contribution in [3.8, 4) is 0 Å². The number of ether oxygens (including phenoxy) is 2. The van der Waals surface area contributed by atoms with E-state index in [-0.39, 0.29) is 30.6 Å². The first kappa shape index (κ1) is 55.0. The maximum atomic E-state index is 13.8. The Morgan fingerprint density at radius 2 is 0.970 bits per heavy atom. The van der Waals surface area contributed by atoms with Gasteiger partial charge in [-0.25, -0.2) is 16.8 Å². The Morgan fingerprint density at radius 3 is 1.36 bits per heavy atom. The van der Waals surface area contributed by atoms with E-state index in [4.69, 9.17) is 9.47 Å². The van der Waals surface area contributed by atoms with Crippen LogP contribution in [0.1, 0.15) is 139 Å². The first-order valence-corrected chi connectivity index (χ1v) is 24.6. The lowest BCUT2D eigenvalue weighted by molar-refractivity contribution is -0.266. The minimum Gasteiger partial charge on any atom is -0.743 e. The number of hydrogen-bond acceptors (Lipinski definition) is 14. The molecule has 66 heavy (non-hydrogen) atoms. The van der Waals surface area contributed by atoms with E-state index in [0.717, 1.165) is 6.42 Å². The average Bonchev–Trinajstić information content (AvgIpc) is 3.08. The van der Waals surface area contributed by atoms with Crippen molar-refractivity contribution in [2.45, 2.75) is 184 Å². The molecule has 0 amide bonds. The largest absolute Gasteiger partial charge is 0.743 e. The predicted octanol–water partition coefficient (Wildman–Crippen LogP) is 6.24. The molecule has 24 heteroatoms. The molecule has 0 heterocycles. The minimum atomic E-state index is -6.63. The topological polar surface area (TPSA) is 248 Å². The van der Waals surface area contributed by atoms with Crippen molar-refractivity contribution in [2.24, 2.45) is 50.7 Å². The van der Waals surface area contributed by atoms with Gasteiger partial charge in [-0.3, -0.25) is 9.59 Å². The first-order chi connectivity index (χ1) is 29.1. The molecule has 8 rings (SSSR count). The zero-order valence-corrected chi connectivity index (χ0v) is 39.8. The quantitative estimate of drug-likeness (QED) is 0.0760. The lowest BCUT2D eigenvalue weighted by Crippen LogP contribution is -2.69. The van der Waals surface area contributed by atoms with Crippen LogP contribution in [-0.2, 0) is 39.3 Å². The Bertz CT molecular complexity index is 2100. The van der Waals surface area contributed by atoms with E-state index < -0.39 is 136 Å². The fraction of sp³-hybridized carbons (Fsp3) is 0.952. The number of halogens is 8. The average molecular weight is 1010 g/mol. The van der Waals surface area contributed by atoms with Gasteiger partial charge < -0.3 is 39.0 Å². The molecule has 8 bridgehead atoms. The van der Waals surface area contributed by atoms with Crippen LogP contribution in [0, 0.1) is 50.7 Å². The van der Waals surface area contributed by atoms with E-state index in [1.165, 1.54) is 0 Å². The van der Waals surface area contributed by atoms with Gasteiger partial charge in [-0.1, -0.05) is 0 Å². The molecule has 8 aliphatic rings. The first-order valence-electron chi connectivity index (χ1n) is 21.8. The molecule has 8 saturated carbocycles. The van der Waals surface area contributed by atoms with E-state index >= 15 is 0 Å². The van der Waals surface area contributed by atoms with Gasteiger partial charge in [0, 0.05) is 16.2 Å². The molecular weight excluding hydrogens is 945 g/mol. The fourth-order valence-corrected chi connectivity index (χ4v) is 14.6. The molecule has 0 aromatic rings. The summed E-state index contributed by atoms with van der Waals surface area (Å²) in [4.78, 5) is 26.2. The number of rotatable bonds is 16. The smallest absolute Gasteiger partial charge is 0.396 e. The second kappa shape index (κ2) is 16.0. The van der Waals surface area contributed by atoms with Crippen LogP contribution >= 0.6 is 0 Å². The molecule has 0 saturated heterocycles. The van der Waals surface area contributed by atoms with E-state index in [0.29, 0.717) is 51.4 Å². The maximum absolute atomic E-state index is 13.8. The molecule has 8 aliphatic carbocycles. The van der Waals surface area contributed by atoms with Crippen molar-refractivity contribution in [3.63, 3.8) is 0 Å². The lowest BCUT2D eigenvalue weighted by Gasteiger charge is -2.70. The van der Waals surface area contributed by atoms with Gasteiger partial charge in [0.25, 0.3) is 0 Å². The van der Waals surface area contributed by atoms with Crippen LogP contribution in [0.5, 0.6) is 0 Å². The number of carbonyl (C=O) groups excluding carboxylic acids is 2. The third kappa shape index (κ3) is 8.80. The summed E-state index contributed by atoms with van der Waals surface area (Å²) in [6.07, 6.45) is 1.34. The second-order valence-electron chi connectivity index (χ2n) is 22.8. The van der Waals surface area contributed by atoms with E-state index in [2.05, 4.69) is 0 Å². The molecule has 384 valence electrons. The molecule has 8 fully saturated rings. The highest BCUT2D eigenvalue weighted by atomic mass is 32.2. The van der Waals surface area contributed by atoms with Gasteiger partial charge in [0.05, 0.1) is 59.8 Å². The summed E-state index contributed by atoms with van der Waals surface area (Å²) < 4.78 is 182. The Labute approximate surface area is 379 Å². The highest BCUT2D eigenvalue weighted by Crippen LogP contribution is 2.75. The molecule has 4 N–H and O–H groups in total. The Balaban J connectivity index is 0.000000247. The van der Waals surface area contributed by atoms with Gasteiger partial charge in [0.1, 0.15) is 0 Å². The van der Waals surface area contributed by atoms with Crippen LogP contribution in [0.3, 0.4) is 0 Å². The van der Waals surface area contributed by atoms with Gasteiger partial charge in [-0.15, -0.1) is 0 Å². The van der Waals surface area contributed by atoms with Crippen LogP contribution in [0.25, 0.3) is 0 Å². The summed E-state index contributed by atoms with van der Waals surface area (Å²) in [5.74, 6) is -13.4. The molecule has 0 spiro atoms. The van der Waals surface area contributed by atoms with Crippen molar-refractivity contribution in [1.29, 1.82) is 0 Å². The Morgan fingerprint density at radius 1 is 0.561 bits per heavy atom. The van der Waals surface area contributed by atoms with Gasteiger partial charge in [-0.2, -0.15) is 35.1 Å². The summed E-state index contributed by atoms with van der Waals surface area (Å²) in [7, 11) is -13.3. The van der Waals surface area contributed by atoms with Crippen molar-refractivity contribution < 1.29 is 101 Å². The van der Waals surface area contributed by atoms with Gasteiger partial charge in [0.2, 0.25) is 0 Å². The van der Waals surface area contributed by atoms with Crippen LogP contribution in [0.2, 0.25) is 0 Å². The summed E-state index contributed by atoms with van der Waals surface area (Å²) in [6.45, 7) is 10.6. The fourth-order valence-electron chi connectivity index (χ4n) is 13.6. The number of aliphatic hydroxyl groups is 4. The van der Waals surface area contributed by atoms with Crippen molar-refractivity contribution in [1.82, 2.24) is 0 Å². The molecule has 14 nitrogen and oxygen atoms in total. The number of alkyl halides is 8. The van der Waals surface area contributed by atoms with E-state index in [9.17, 15) is 91.1 Å². The summed E-state index contributed by atoms with van der Waals surface area (Å²) >= 11 is 0. The highest BCUT2D eigenvalue weighted by Gasteiger charge is 2.73. The third-order valence-corrected chi connectivity index (χ3v) is 18.9. The maximum Gasteiger partial charge on any atom is 0.396 e. The van der Waals surface area contributed by atoms with Gasteiger partial charge in [0.15, 0.2) is 20.2 Å². The monoisotopic (exact) mass is 1010 g/mol. The number of esters is 2. The zero-order chi connectivity index (χ0) is 51.0. The predicted molar refractivity (Wildman–Crippen MR) is 212 cm³/mol. The molecule has 0 aromatic heterocycles. The normalized spacial score (nSPS) is 35.1. The Hall–Kier alpha value is -1.96. The van der Waals surface area contributed by atoms with Crippen LogP contribution in [-0.4, -0.2) is 116 Å². The minimum absolute atomic E-state index is 0.0389. The second-order valence-corrected chi connectivity index (χ2v) is 25.6. The number of hydrogen-bond donors (Lipinski definition) is 4. The van der Waals surface area contributed by atoms with Crippen LogP contribution in [0.4, 0.5) is 35.1 Å². The zero-order valence-electron chi connectivity index (χ0n) is 38.1. The molecule has 0 radical (unpaired) electrons. The lowest BCUT2D eigenvalue weighted by atomic mass is 9.35. The molecule has 7 unspecified atom stereocenters. The summed E-state index contributed by atoms with van der Waals surface area (Å²) in [6, 6.07) is 0. The van der Waals surface area contributed by atoms with Crippen molar-refractivity contribution >= 4 is 32.2 Å². The third-order valence-electron chi connectivity index (χ3n) is 17.0. The van der Waals surface area contributed by atoms with Gasteiger partial charge >= 0.3 is 34.3 Å².